The molecule has 0 atom stereocenters. The molecule has 0 aliphatic heterocycles. The van der Waals surface area contributed by atoms with Gasteiger partial charge in [0.1, 0.15) is 0 Å². The Kier molecular flexibility index (Phi) is 5.04. The first-order chi connectivity index (χ1) is 10.0. The summed E-state index contributed by atoms with van der Waals surface area (Å²) in [6.45, 7) is 2.41. The number of halogens is 2. The number of rotatable bonds is 5. The van der Waals surface area contributed by atoms with E-state index in [1.54, 1.807) is 24.3 Å². The summed E-state index contributed by atoms with van der Waals surface area (Å²) in [5, 5.41) is 15.2. The molecule has 0 saturated heterocycles. The lowest BCUT2D eigenvalue weighted by Crippen LogP contribution is -2.01. The second-order valence-corrected chi connectivity index (χ2v) is 5.37. The highest BCUT2D eigenvalue weighted by Gasteiger charge is 2.12. The Balaban J connectivity index is 2.14. The smallest absolute Gasteiger partial charge is 0.274 e. The van der Waals surface area contributed by atoms with Crippen molar-refractivity contribution in [2.75, 3.05) is 5.32 Å². The Hall–Kier alpha value is -1.78. The van der Waals surface area contributed by atoms with E-state index in [1.807, 2.05) is 19.1 Å². The topological polar surface area (TPSA) is 55.2 Å². The van der Waals surface area contributed by atoms with E-state index in [2.05, 4.69) is 5.32 Å². The summed E-state index contributed by atoms with van der Waals surface area (Å²) in [6, 6.07) is 10.5. The van der Waals surface area contributed by atoms with Gasteiger partial charge >= 0.3 is 0 Å². The van der Waals surface area contributed by atoms with Crippen molar-refractivity contribution >= 4 is 34.6 Å². The summed E-state index contributed by atoms with van der Waals surface area (Å²) >= 11 is 11.8. The summed E-state index contributed by atoms with van der Waals surface area (Å²) in [6.07, 6.45) is 0.628. The minimum atomic E-state index is -0.358. The maximum absolute atomic E-state index is 11.0. The van der Waals surface area contributed by atoms with E-state index in [9.17, 15) is 10.1 Å². The quantitative estimate of drug-likeness (QED) is 0.616. The van der Waals surface area contributed by atoms with Crippen molar-refractivity contribution in [3.05, 3.63) is 67.7 Å². The van der Waals surface area contributed by atoms with Crippen LogP contribution in [0.15, 0.2) is 36.4 Å². The fourth-order valence-electron chi connectivity index (χ4n) is 2.00. The predicted octanol–water partition coefficient (Wildman–Crippen LogP) is 5.08. The first-order valence-corrected chi connectivity index (χ1v) is 7.22. The van der Waals surface area contributed by atoms with Gasteiger partial charge in [-0.25, -0.2) is 0 Å². The fourth-order valence-corrected chi connectivity index (χ4v) is 2.32. The average molecular weight is 325 g/mol. The molecule has 0 aliphatic rings. The Morgan fingerprint density at radius 3 is 2.52 bits per heavy atom. The number of hydrogen-bond donors (Lipinski definition) is 1. The first kappa shape index (κ1) is 15.6. The molecule has 0 heterocycles. The van der Waals surface area contributed by atoms with E-state index in [1.165, 1.54) is 0 Å². The summed E-state index contributed by atoms with van der Waals surface area (Å²) in [7, 11) is 0. The third-order valence-electron chi connectivity index (χ3n) is 3.14. The van der Waals surface area contributed by atoms with Gasteiger partial charge in [-0.3, -0.25) is 10.1 Å². The molecule has 0 unspecified atom stereocenters. The van der Waals surface area contributed by atoms with Gasteiger partial charge in [0, 0.05) is 23.9 Å². The van der Waals surface area contributed by atoms with Gasteiger partial charge in [-0.2, -0.15) is 0 Å². The summed E-state index contributed by atoms with van der Waals surface area (Å²) in [5.41, 5.74) is 2.51. The standard InChI is InChI=1S/C15H14Cl2N2O2/c1-2-11-4-5-12(8-15(11)19(20)21)18-9-10-3-6-13(16)14(17)7-10/h3-8,18H,2,9H2,1H3. The van der Waals surface area contributed by atoms with Gasteiger partial charge in [0.05, 0.1) is 15.0 Å². The number of nitrogens with zero attached hydrogens (tertiary/aromatic N) is 1. The molecule has 0 radical (unpaired) electrons. The van der Waals surface area contributed by atoms with Crippen LogP contribution in [0.4, 0.5) is 11.4 Å². The van der Waals surface area contributed by atoms with Crippen molar-refractivity contribution in [3.63, 3.8) is 0 Å². The van der Waals surface area contributed by atoms with Gasteiger partial charge in [0.2, 0.25) is 0 Å². The fraction of sp³-hybridized carbons (Fsp3) is 0.200. The van der Waals surface area contributed by atoms with Crippen molar-refractivity contribution in [2.45, 2.75) is 19.9 Å². The van der Waals surface area contributed by atoms with Crippen LogP contribution >= 0.6 is 23.2 Å². The van der Waals surface area contributed by atoms with Crippen LogP contribution in [0.5, 0.6) is 0 Å². The van der Waals surface area contributed by atoms with Gasteiger partial charge in [-0.05, 0) is 30.2 Å². The van der Waals surface area contributed by atoms with Crippen LogP contribution in [0.2, 0.25) is 10.0 Å². The molecular formula is C15H14Cl2N2O2. The molecular weight excluding hydrogens is 311 g/mol. The van der Waals surface area contributed by atoms with Crippen LogP contribution in [0.1, 0.15) is 18.1 Å². The van der Waals surface area contributed by atoms with E-state index < -0.39 is 0 Å². The summed E-state index contributed by atoms with van der Waals surface area (Å²) in [4.78, 5) is 10.7. The zero-order chi connectivity index (χ0) is 15.4. The molecule has 0 aromatic heterocycles. The minimum absolute atomic E-state index is 0.136. The highest BCUT2D eigenvalue weighted by molar-refractivity contribution is 6.42. The number of anilines is 1. The lowest BCUT2D eigenvalue weighted by atomic mass is 10.1. The molecule has 2 aromatic rings. The molecule has 6 heteroatoms. The van der Waals surface area contributed by atoms with Gasteiger partial charge in [-0.1, -0.05) is 42.3 Å². The van der Waals surface area contributed by atoms with Crippen LogP contribution in [0.25, 0.3) is 0 Å². The predicted molar refractivity (Wildman–Crippen MR) is 86.3 cm³/mol. The molecule has 0 spiro atoms. The Morgan fingerprint density at radius 1 is 1.14 bits per heavy atom. The van der Waals surface area contributed by atoms with Crippen molar-refractivity contribution in [3.8, 4) is 0 Å². The Labute approximate surface area is 132 Å². The highest BCUT2D eigenvalue weighted by atomic mass is 35.5. The van der Waals surface area contributed by atoms with Crippen LogP contribution in [-0.2, 0) is 13.0 Å². The van der Waals surface area contributed by atoms with E-state index in [-0.39, 0.29) is 10.6 Å². The number of nitro groups is 1. The molecule has 4 nitrogen and oxygen atoms in total. The molecule has 0 fully saturated rings. The second kappa shape index (κ2) is 6.78. The first-order valence-electron chi connectivity index (χ1n) is 6.46. The van der Waals surface area contributed by atoms with Gasteiger partial charge in [0.25, 0.3) is 5.69 Å². The molecule has 0 aliphatic carbocycles. The van der Waals surface area contributed by atoms with Crippen molar-refractivity contribution in [1.82, 2.24) is 0 Å². The molecule has 110 valence electrons. The summed E-state index contributed by atoms with van der Waals surface area (Å²) < 4.78 is 0. The number of aryl methyl sites for hydroxylation is 1. The zero-order valence-electron chi connectivity index (χ0n) is 11.4. The van der Waals surface area contributed by atoms with Gasteiger partial charge in [0.15, 0.2) is 0 Å². The largest absolute Gasteiger partial charge is 0.381 e. The minimum Gasteiger partial charge on any atom is -0.381 e. The third kappa shape index (κ3) is 3.86. The monoisotopic (exact) mass is 324 g/mol. The molecule has 1 N–H and O–H groups in total. The zero-order valence-corrected chi connectivity index (χ0v) is 12.9. The molecule has 2 rings (SSSR count). The lowest BCUT2D eigenvalue weighted by molar-refractivity contribution is -0.385. The van der Waals surface area contributed by atoms with Crippen LogP contribution in [0, 0.1) is 10.1 Å². The highest BCUT2D eigenvalue weighted by Crippen LogP contribution is 2.25. The van der Waals surface area contributed by atoms with Crippen LogP contribution in [0.3, 0.4) is 0 Å². The SMILES string of the molecule is CCc1ccc(NCc2ccc(Cl)c(Cl)c2)cc1[N+](=O)[O-]. The van der Waals surface area contributed by atoms with E-state index >= 15 is 0 Å². The molecule has 21 heavy (non-hydrogen) atoms. The van der Waals surface area contributed by atoms with Crippen molar-refractivity contribution < 1.29 is 4.92 Å². The number of nitrogens with one attached hydrogen (secondary N) is 1. The van der Waals surface area contributed by atoms with E-state index in [0.29, 0.717) is 28.7 Å². The number of benzene rings is 2. The Morgan fingerprint density at radius 2 is 1.90 bits per heavy atom. The van der Waals surface area contributed by atoms with Crippen LogP contribution < -0.4 is 5.32 Å². The molecule has 2 aromatic carbocycles. The number of hydrogen-bond acceptors (Lipinski definition) is 3. The van der Waals surface area contributed by atoms with Crippen molar-refractivity contribution in [1.29, 1.82) is 0 Å². The van der Waals surface area contributed by atoms with Gasteiger partial charge < -0.3 is 5.32 Å². The van der Waals surface area contributed by atoms with Gasteiger partial charge in [-0.15, -0.1) is 0 Å². The average Bonchev–Trinajstić information content (AvgIpc) is 2.48. The molecule has 0 saturated carbocycles. The second-order valence-electron chi connectivity index (χ2n) is 4.56. The van der Waals surface area contributed by atoms with E-state index in [4.69, 9.17) is 23.2 Å². The van der Waals surface area contributed by atoms with Crippen molar-refractivity contribution in [2.24, 2.45) is 0 Å². The van der Waals surface area contributed by atoms with E-state index in [0.717, 1.165) is 11.1 Å². The Bertz CT molecular complexity index is 675. The lowest BCUT2D eigenvalue weighted by Gasteiger charge is -2.09. The third-order valence-corrected chi connectivity index (χ3v) is 3.88. The maximum Gasteiger partial charge on any atom is 0.274 e. The normalized spacial score (nSPS) is 10.4. The maximum atomic E-state index is 11.0. The molecule has 0 amide bonds. The van der Waals surface area contributed by atoms with Crippen LogP contribution in [-0.4, -0.2) is 4.92 Å². The number of nitro benzene ring substituents is 1. The molecule has 0 bridgehead atoms. The summed E-state index contributed by atoms with van der Waals surface area (Å²) in [5.74, 6) is 0.